The summed E-state index contributed by atoms with van der Waals surface area (Å²) in [4.78, 5) is 0. The van der Waals surface area contributed by atoms with Crippen molar-refractivity contribution >= 4 is 43.2 Å². The molecule has 2 rings (SSSR count). The van der Waals surface area contributed by atoms with Crippen molar-refractivity contribution in [2.45, 2.75) is 18.9 Å². The fourth-order valence-electron chi connectivity index (χ4n) is 2.12. The molecule has 2 atom stereocenters. The number of hydrogen-bond donors (Lipinski definition) is 2. The van der Waals surface area contributed by atoms with Crippen molar-refractivity contribution < 1.29 is 5.11 Å². The van der Waals surface area contributed by atoms with Gasteiger partial charge >= 0.3 is 0 Å². The van der Waals surface area contributed by atoms with Crippen LogP contribution in [0.3, 0.4) is 0 Å². The molecule has 0 saturated carbocycles. The summed E-state index contributed by atoms with van der Waals surface area (Å²) in [7, 11) is 0. The Bertz CT molecular complexity index is 570. The van der Waals surface area contributed by atoms with Gasteiger partial charge in [-0.3, -0.25) is 0 Å². The third kappa shape index (κ3) is 3.47. The summed E-state index contributed by atoms with van der Waals surface area (Å²) in [5, 5.41) is 10.6. The zero-order valence-electron chi connectivity index (χ0n) is 10.4. The van der Waals surface area contributed by atoms with Gasteiger partial charge < -0.3 is 10.8 Å². The zero-order chi connectivity index (χ0) is 14.0. The van der Waals surface area contributed by atoms with Gasteiger partial charge in [0.1, 0.15) is 0 Å². The lowest BCUT2D eigenvalue weighted by molar-refractivity contribution is 0.147. The smallest absolute Gasteiger partial charge is 0.0890 e. The van der Waals surface area contributed by atoms with E-state index in [-0.39, 0.29) is 5.92 Å². The molecule has 1 aromatic heterocycles. The van der Waals surface area contributed by atoms with Gasteiger partial charge in [-0.15, -0.1) is 11.3 Å². The molecule has 0 amide bonds. The standard InChI is InChI=1S/C14H15Br2NOS/c1-8-3-2-4-9(5-8)11(7-17)13(18)10-6-12(15)19-14(10)16/h2-6,11,13,18H,7,17H2,1H3. The van der Waals surface area contributed by atoms with Crippen molar-refractivity contribution in [3.05, 3.63) is 54.6 Å². The molecule has 0 aliphatic heterocycles. The van der Waals surface area contributed by atoms with Gasteiger partial charge in [0.15, 0.2) is 0 Å². The number of aliphatic hydroxyl groups excluding tert-OH is 1. The summed E-state index contributed by atoms with van der Waals surface area (Å²) < 4.78 is 1.94. The Kier molecular flexibility index (Phi) is 5.20. The molecule has 0 bridgehead atoms. The Hall–Kier alpha value is -0.200. The fourth-order valence-corrected chi connectivity index (χ4v) is 5.03. The summed E-state index contributed by atoms with van der Waals surface area (Å²) in [5.74, 6) is -0.0994. The second-order valence-electron chi connectivity index (χ2n) is 4.48. The summed E-state index contributed by atoms with van der Waals surface area (Å²) in [6.45, 7) is 2.45. The highest BCUT2D eigenvalue weighted by Crippen LogP contribution is 2.40. The van der Waals surface area contributed by atoms with Gasteiger partial charge in [0, 0.05) is 18.0 Å². The maximum atomic E-state index is 10.6. The van der Waals surface area contributed by atoms with E-state index < -0.39 is 6.10 Å². The molecular weight excluding hydrogens is 390 g/mol. The van der Waals surface area contributed by atoms with Crippen LogP contribution < -0.4 is 5.73 Å². The maximum Gasteiger partial charge on any atom is 0.0890 e. The van der Waals surface area contributed by atoms with E-state index in [2.05, 4.69) is 37.9 Å². The normalized spacial score (nSPS) is 14.4. The van der Waals surface area contributed by atoms with E-state index in [0.717, 1.165) is 18.7 Å². The summed E-state index contributed by atoms with van der Waals surface area (Å²) in [5.41, 5.74) is 9.00. The first-order valence-electron chi connectivity index (χ1n) is 5.92. The molecular formula is C14H15Br2NOS. The molecule has 2 nitrogen and oxygen atoms in total. The third-order valence-corrected chi connectivity index (χ3v) is 5.49. The van der Waals surface area contributed by atoms with Gasteiger partial charge in [-0.1, -0.05) is 29.8 Å². The Balaban J connectivity index is 2.34. The molecule has 0 radical (unpaired) electrons. The van der Waals surface area contributed by atoms with Crippen molar-refractivity contribution in [3.8, 4) is 0 Å². The van der Waals surface area contributed by atoms with Crippen LogP contribution in [0.5, 0.6) is 0 Å². The number of rotatable bonds is 4. The lowest BCUT2D eigenvalue weighted by Crippen LogP contribution is -2.20. The minimum absolute atomic E-state index is 0.0994. The second kappa shape index (κ2) is 6.50. The second-order valence-corrected chi connectivity index (χ2v) is 8.23. The van der Waals surface area contributed by atoms with Gasteiger partial charge in [-0.25, -0.2) is 0 Å². The highest BCUT2D eigenvalue weighted by molar-refractivity contribution is 9.12. The van der Waals surface area contributed by atoms with Gasteiger partial charge in [-0.05, 0) is 50.4 Å². The SMILES string of the molecule is Cc1cccc(C(CN)C(O)c2cc(Br)sc2Br)c1. The quantitative estimate of drug-likeness (QED) is 0.795. The zero-order valence-corrected chi connectivity index (χ0v) is 14.4. The average Bonchev–Trinajstić information content (AvgIpc) is 2.69. The first-order valence-corrected chi connectivity index (χ1v) is 8.32. The topological polar surface area (TPSA) is 46.2 Å². The van der Waals surface area contributed by atoms with Crippen LogP contribution in [0.15, 0.2) is 37.9 Å². The van der Waals surface area contributed by atoms with Gasteiger partial charge in [0.05, 0.1) is 13.7 Å². The number of aryl methyl sites for hydroxylation is 1. The average molecular weight is 405 g/mol. The van der Waals surface area contributed by atoms with Crippen LogP contribution in [0.2, 0.25) is 0 Å². The lowest BCUT2D eigenvalue weighted by atomic mass is 9.89. The Morgan fingerprint density at radius 2 is 2.05 bits per heavy atom. The molecule has 3 N–H and O–H groups in total. The molecule has 102 valence electrons. The third-order valence-electron chi connectivity index (χ3n) is 3.11. The predicted molar refractivity (Wildman–Crippen MR) is 87.7 cm³/mol. The number of aliphatic hydroxyl groups is 1. The number of thiophene rings is 1. The van der Waals surface area contributed by atoms with Crippen molar-refractivity contribution in [3.63, 3.8) is 0 Å². The van der Waals surface area contributed by atoms with Gasteiger partial charge in [0.2, 0.25) is 0 Å². The van der Waals surface area contributed by atoms with E-state index in [1.54, 1.807) is 11.3 Å². The number of nitrogens with two attached hydrogens (primary N) is 1. The molecule has 1 heterocycles. The molecule has 19 heavy (non-hydrogen) atoms. The predicted octanol–water partition coefficient (Wildman–Crippen LogP) is 4.36. The molecule has 0 aliphatic carbocycles. The minimum atomic E-state index is -0.608. The first kappa shape index (κ1) is 15.2. The molecule has 2 unspecified atom stereocenters. The van der Waals surface area contributed by atoms with Crippen LogP contribution >= 0.6 is 43.2 Å². The van der Waals surface area contributed by atoms with Crippen LogP contribution in [0.4, 0.5) is 0 Å². The molecule has 0 spiro atoms. The van der Waals surface area contributed by atoms with Gasteiger partial charge in [0.25, 0.3) is 0 Å². The van der Waals surface area contributed by atoms with E-state index in [0.29, 0.717) is 6.54 Å². The molecule has 0 saturated heterocycles. The number of halogens is 2. The Morgan fingerprint density at radius 1 is 1.32 bits per heavy atom. The van der Waals surface area contributed by atoms with Crippen molar-refractivity contribution in [1.82, 2.24) is 0 Å². The lowest BCUT2D eigenvalue weighted by Gasteiger charge is -2.22. The van der Waals surface area contributed by atoms with E-state index >= 15 is 0 Å². The Labute approximate surface area is 133 Å². The van der Waals surface area contributed by atoms with E-state index in [9.17, 15) is 5.11 Å². The monoisotopic (exact) mass is 403 g/mol. The fraction of sp³-hybridized carbons (Fsp3) is 0.286. The summed E-state index contributed by atoms with van der Waals surface area (Å²) in [6, 6.07) is 10.1. The highest BCUT2D eigenvalue weighted by atomic mass is 79.9. The van der Waals surface area contributed by atoms with Crippen molar-refractivity contribution in [1.29, 1.82) is 0 Å². The van der Waals surface area contributed by atoms with Crippen LogP contribution in [0.25, 0.3) is 0 Å². The molecule has 5 heteroatoms. The first-order chi connectivity index (χ1) is 9.02. The van der Waals surface area contributed by atoms with Crippen LogP contribution in [0, 0.1) is 6.92 Å². The largest absolute Gasteiger partial charge is 0.388 e. The van der Waals surface area contributed by atoms with Crippen LogP contribution in [-0.2, 0) is 0 Å². The molecule has 1 aromatic carbocycles. The van der Waals surface area contributed by atoms with Gasteiger partial charge in [-0.2, -0.15) is 0 Å². The summed E-state index contributed by atoms with van der Waals surface area (Å²) in [6.07, 6.45) is -0.608. The van der Waals surface area contributed by atoms with Crippen molar-refractivity contribution in [2.75, 3.05) is 6.54 Å². The van der Waals surface area contributed by atoms with Crippen LogP contribution in [-0.4, -0.2) is 11.7 Å². The van der Waals surface area contributed by atoms with Crippen molar-refractivity contribution in [2.24, 2.45) is 5.73 Å². The Morgan fingerprint density at radius 3 is 2.58 bits per heavy atom. The minimum Gasteiger partial charge on any atom is -0.388 e. The number of hydrogen-bond acceptors (Lipinski definition) is 3. The molecule has 0 aliphatic rings. The number of benzene rings is 1. The summed E-state index contributed by atoms with van der Waals surface area (Å²) >= 11 is 8.48. The van der Waals surface area contributed by atoms with Crippen LogP contribution in [0.1, 0.15) is 28.7 Å². The van der Waals surface area contributed by atoms with E-state index in [4.69, 9.17) is 5.73 Å². The van der Waals surface area contributed by atoms with E-state index in [1.165, 1.54) is 5.56 Å². The molecule has 0 fully saturated rings. The highest BCUT2D eigenvalue weighted by Gasteiger charge is 2.24. The maximum absolute atomic E-state index is 10.6. The van der Waals surface area contributed by atoms with E-state index in [1.807, 2.05) is 31.2 Å². The molecule has 2 aromatic rings.